The minimum atomic E-state index is 0.148. The Morgan fingerprint density at radius 3 is 3.00 bits per heavy atom. The van der Waals surface area contributed by atoms with Gasteiger partial charge in [0.15, 0.2) is 0 Å². The van der Waals surface area contributed by atoms with Gasteiger partial charge in [0.05, 0.1) is 12.2 Å². The summed E-state index contributed by atoms with van der Waals surface area (Å²) in [7, 11) is 0. The van der Waals surface area contributed by atoms with E-state index in [1.165, 1.54) is 5.56 Å². The van der Waals surface area contributed by atoms with Gasteiger partial charge >= 0.3 is 0 Å². The topological polar surface area (TPSA) is 67.7 Å². The van der Waals surface area contributed by atoms with E-state index in [2.05, 4.69) is 11.1 Å². The van der Waals surface area contributed by atoms with Crippen molar-refractivity contribution in [3.8, 4) is 5.69 Å². The van der Waals surface area contributed by atoms with Crippen molar-refractivity contribution in [1.82, 2.24) is 9.55 Å². The van der Waals surface area contributed by atoms with Crippen LogP contribution in [0.25, 0.3) is 5.69 Å². The molecule has 0 radical (unpaired) electrons. The SMILES string of the molecule is Cc1cccc(-n2cncc2CC(=N)N)c1. The van der Waals surface area contributed by atoms with Crippen LogP contribution in [-0.2, 0) is 6.42 Å². The maximum absolute atomic E-state index is 7.31. The molecule has 82 valence electrons. The van der Waals surface area contributed by atoms with Crippen LogP contribution < -0.4 is 5.73 Å². The van der Waals surface area contributed by atoms with Gasteiger partial charge in [-0.15, -0.1) is 0 Å². The summed E-state index contributed by atoms with van der Waals surface area (Å²) in [4.78, 5) is 4.09. The first-order valence-corrected chi connectivity index (χ1v) is 5.08. The summed E-state index contributed by atoms with van der Waals surface area (Å²) in [6.45, 7) is 2.05. The van der Waals surface area contributed by atoms with Crippen LogP contribution in [0.3, 0.4) is 0 Å². The molecule has 0 aliphatic heterocycles. The van der Waals surface area contributed by atoms with Crippen LogP contribution in [0.5, 0.6) is 0 Å². The van der Waals surface area contributed by atoms with E-state index in [0.29, 0.717) is 6.42 Å². The lowest BCUT2D eigenvalue weighted by molar-refractivity contribution is 0.973. The minimum Gasteiger partial charge on any atom is -0.387 e. The summed E-state index contributed by atoms with van der Waals surface area (Å²) < 4.78 is 1.95. The molecule has 0 saturated carbocycles. The predicted molar refractivity (Wildman–Crippen MR) is 63.9 cm³/mol. The van der Waals surface area contributed by atoms with Gasteiger partial charge < -0.3 is 10.3 Å². The first kappa shape index (κ1) is 10.4. The normalized spacial score (nSPS) is 10.3. The Bertz CT molecular complexity index is 513. The van der Waals surface area contributed by atoms with Crippen molar-refractivity contribution in [2.24, 2.45) is 5.73 Å². The van der Waals surface area contributed by atoms with Crippen molar-refractivity contribution in [2.45, 2.75) is 13.3 Å². The predicted octanol–water partition coefficient (Wildman–Crippen LogP) is 1.66. The first-order valence-electron chi connectivity index (χ1n) is 5.08. The summed E-state index contributed by atoms with van der Waals surface area (Å²) in [5.74, 6) is 0.148. The molecule has 0 aliphatic rings. The Hall–Kier alpha value is -2.10. The van der Waals surface area contributed by atoms with Gasteiger partial charge in [-0.05, 0) is 24.6 Å². The van der Waals surface area contributed by atoms with Crippen molar-refractivity contribution >= 4 is 5.84 Å². The first-order chi connectivity index (χ1) is 7.66. The molecule has 0 unspecified atom stereocenters. The van der Waals surface area contributed by atoms with Gasteiger partial charge in [0.1, 0.15) is 0 Å². The molecule has 4 heteroatoms. The summed E-state index contributed by atoms with van der Waals surface area (Å²) >= 11 is 0. The van der Waals surface area contributed by atoms with Crippen LogP contribution in [-0.4, -0.2) is 15.4 Å². The zero-order chi connectivity index (χ0) is 11.5. The number of aromatic nitrogens is 2. The Morgan fingerprint density at radius 1 is 1.50 bits per heavy atom. The van der Waals surface area contributed by atoms with Crippen molar-refractivity contribution in [1.29, 1.82) is 5.41 Å². The summed E-state index contributed by atoms with van der Waals surface area (Å²) in [5, 5.41) is 7.31. The Labute approximate surface area is 94.2 Å². The highest BCUT2D eigenvalue weighted by Gasteiger charge is 2.05. The largest absolute Gasteiger partial charge is 0.387 e. The summed E-state index contributed by atoms with van der Waals surface area (Å²) in [6.07, 6.45) is 3.91. The molecule has 2 rings (SSSR count). The number of aryl methyl sites for hydroxylation is 1. The highest BCUT2D eigenvalue weighted by Crippen LogP contribution is 2.13. The van der Waals surface area contributed by atoms with E-state index in [1.54, 1.807) is 12.5 Å². The highest BCUT2D eigenvalue weighted by molar-refractivity contribution is 5.79. The third-order valence-corrected chi connectivity index (χ3v) is 2.37. The fourth-order valence-corrected chi connectivity index (χ4v) is 1.66. The number of nitrogens with two attached hydrogens (primary N) is 1. The third kappa shape index (κ3) is 2.11. The second-order valence-electron chi connectivity index (χ2n) is 3.80. The van der Waals surface area contributed by atoms with Gasteiger partial charge in [-0.3, -0.25) is 5.41 Å². The monoisotopic (exact) mass is 214 g/mol. The number of hydrogen-bond acceptors (Lipinski definition) is 2. The van der Waals surface area contributed by atoms with Crippen molar-refractivity contribution in [3.05, 3.63) is 48.0 Å². The van der Waals surface area contributed by atoms with Crippen LogP contribution in [0.4, 0.5) is 0 Å². The average molecular weight is 214 g/mol. The average Bonchev–Trinajstić information content (AvgIpc) is 2.65. The molecule has 0 saturated heterocycles. The second-order valence-corrected chi connectivity index (χ2v) is 3.80. The molecule has 2 aromatic rings. The van der Waals surface area contributed by atoms with Gasteiger partial charge in [-0.1, -0.05) is 12.1 Å². The van der Waals surface area contributed by atoms with Crippen LogP contribution in [0.2, 0.25) is 0 Å². The van der Waals surface area contributed by atoms with Crippen molar-refractivity contribution < 1.29 is 0 Å². The molecular weight excluding hydrogens is 200 g/mol. The van der Waals surface area contributed by atoms with Gasteiger partial charge in [0.2, 0.25) is 0 Å². The fraction of sp³-hybridized carbons (Fsp3) is 0.167. The van der Waals surface area contributed by atoms with Gasteiger partial charge in [0.25, 0.3) is 0 Å². The Kier molecular flexibility index (Phi) is 2.72. The number of imidazole rings is 1. The number of rotatable bonds is 3. The smallest absolute Gasteiger partial charge is 0.0994 e. The Morgan fingerprint density at radius 2 is 2.31 bits per heavy atom. The van der Waals surface area contributed by atoms with Crippen LogP contribution in [0.1, 0.15) is 11.3 Å². The lowest BCUT2D eigenvalue weighted by atomic mass is 10.2. The third-order valence-electron chi connectivity index (χ3n) is 2.37. The van der Waals surface area contributed by atoms with E-state index in [-0.39, 0.29) is 5.84 Å². The molecule has 0 amide bonds. The number of nitrogens with one attached hydrogen (secondary N) is 1. The van der Waals surface area contributed by atoms with Crippen LogP contribution in [0, 0.1) is 12.3 Å². The zero-order valence-electron chi connectivity index (χ0n) is 9.14. The minimum absolute atomic E-state index is 0.148. The van der Waals surface area contributed by atoms with Crippen LogP contribution >= 0.6 is 0 Å². The van der Waals surface area contributed by atoms with Crippen molar-refractivity contribution in [2.75, 3.05) is 0 Å². The number of hydrogen-bond donors (Lipinski definition) is 2. The van der Waals surface area contributed by atoms with E-state index < -0.39 is 0 Å². The molecule has 1 aromatic heterocycles. The quantitative estimate of drug-likeness (QED) is 0.602. The van der Waals surface area contributed by atoms with Gasteiger partial charge in [-0.2, -0.15) is 0 Å². The molecule has 0 fully saturated rings. The van der Waals surface area contributed by atoms with E-state index >= 15 is 0 Å². The maximum Gasteiger partial charge on any atom is 0.0994 e. The van der Waals surface area contributed by atoms with Crippen molar-refractivity contribution in [3.63, 3.8) is 0 Å². The van der Waals surface area contributed by atoms with E-state index in [4.69, 9.17) is 11.1 Å². The molecule has 0 spiro atoms. The van der Waals surface area contributed by atoms with Gasteiger partial charge in [0, 0.05) is 24.0 Å². The maximum atomic E-state index is 7.31. The fourth-order valence-electron chi connectivity index (χ4n) is 1.66. The number of benzene rings is 1. The van der Waals surface area contributed by atoms with Crippen LogP contribution in [0.15, 0.2) is 36.8 Å². The molecule has 0 aliphatic carbocycles. The standard InChI is InChI=1S/C12H14N4/c1-9-3-2-4-10(5-9)16-8-15-7-11(16)6-12(13)14/h2-5,7-8H,6H2,1H3,(H3,13,14). The second kappa shape index (κ2) is 4.18. The Balaban J connectivity index is 2.40. The molecule has 1 aromatic carbocycles. The summed E-state index contributed by atoms with van der Waals surface area (Å²) in [6, 6.07) is 8.14. The molecule has 1 heterocycles. The number of amidine groups is 1. The molecule has 0 bridgehead atoms. The zero-order valence-corrected chi connectivity index (χ0v) is 9.14. The lowest BCUT2D eigenvalue weighted by Gasteiger charge is -2.08. The highest BCUT2D eigenvalue weighted by atomic mass is 15.1. The number of nitrogens with zero attached hydrogens (tertiary/aromatic N) is 2. The molecule has 4 nitrogen and oxygen atoms in total. The van der Waals surface area contributed by atoms with E-state index in [1.807, 2.05) is 29.7 Å². The lowest BCUT2D eigenvalue weighted by Crippen LogP contribution is -2.15. The van der Waals surface area contributed by atoms with Gasteiger partial charge in [-0.25, -0.2) is 4.98 Å². The summed E-state index contributed by atoms with van der Waals surface area (Å²) in [5.41, 5.74) is 8.58. The molecular formula is C12H14N4. The molecule has 3 N–H and O–H groups in total. The van der Waals surface area contributed by atoms with E-state index in [0.717, 1.165) is 11.4 Å². The molecule has 0 atom stereocenters. The molecule has 16 heavy (non-hydrogen) atoms. The van der Waals surface area contributed by atoms with E-state index in [9.17, 15) is 0 Å².